The molecule has 2 saturated heterocycles. The molecule has 0 amide bonds. The second-order valence-electron chi connectivity index (χ2n) is 6.43. The van der Waals surface area contributed by atoms with Gasteiger partial charge in [0.15, 0.2) is 0 Å². The summed E-state index contributed by atoms with van der Waals surface area (Å²) in [4.78, 5) is 0. The lowest BCUT2D eigenvalue weighted by atomic mass is 10.0. The predicted molar refractivity (Wildman–Crippen MR) is 93.2 cm³/mol. The number of epoxide rings is 1. The highest BCUT2D eigenvalue weighted by atomic mass is 16.7. The SMILES string of the molecule is C=CC12CO[C@H](C(C#CC[C@H](C)O)OCc3ccc(OC)cc3)[C@H]1O2. The summed E-state index contributed by atoms with van der Waals surface area (Å²) in [6.07, 6.45) is 0.984. The standard InChI is InChI=1S/C20H24O5/c1-4-20-13-24-18(19(20)25-20)17(7-5-6-14(2)21)23-12-15-8-10-16(22-3)11-9-15/h4,8-11,14,17-19,21H,1,6,12-13H2,2-3H3/t14-,17?,18+,19+,20?/m0/s1. The molecule has 5 heteroatoms. The molecule has 2 aliphatic heterocycles. The number of hydrogen-bond donors (Lipinski definition) is 1. The van der Waals surface area contributed by atoms with Crippen LogP contribution in [0, 0.1) is 11.8 Å². The number of methoxy groups -OCH3 is 1. The maximum absolute atomic E-state index is 9.40. The molecule has 2 aliphatic rings. The summed E-state index contributed by atoms with van der Waals surface area (Å²) in [7, 11) is 1.64. The van der Waals surface area contributed by atoms with Gasteiger partial charge in [0, 0.05) is 6.42 Å². The second-order valence-corrected chi connectivity index (χ2v) is 6.43. The fourth-order valence-corrected chi connectivity index (χ4v) is 2.88. The van der Waals surface area contributed by atoms with Gasteiger partial charge in [0.25, 0.3) is 0 Å². The first-order chi connectivity index (χ1) is 12.1. The van der Waals surface area contributed by atoms with E-state index in [4.69, 9.17) is 18.9 Å². The molecule has 2 fully saturated rings. The van der Waals surface area contributed by atoms with Gasteiger partial charge in [-0.15, -0.1) is 6.58 Å². The van der Waals surface area contributed by atoms with E-state index in [1.165, 1.54) is 0 Å². The minimum atomic E-state index is -0.469. The molecule has 0 aliphatic carbocycles. The van der Waals surface area contributed by atoms with Gasteiger partial charge in [-0.3, -0.25) is 0 Å². The van der Waals surface area contributed by atoms with Crippen molar-refractivity contribution >= 4 is 0 Å². The van der Waals surface area contributed by atoms with Crippen LogP contribution >= 0.6 is 0 Å². The molecule has 0 aromatic heterocycles. The summed E-state index contributed by atoms with van der Waals surface area (Å²) in [6.45, 7) is 6.41. The molecule has 2 unspecified atom stereocenters. The van der Waals surface area contributed by atoms with E-state index in [1.807, 2.05) is 24.3 Å². The van der Waals surface area contributed by atoms with Crippen molar-refractivity contribution in [3.05, 3.63) is 42.5 Å². The Balaban J connectivity index is 1.65. The molecule has 1 aromatic rings. The van der Waals surface area contributed by atoms with Crippen molar-refractivity contribution in [2.24, 2.45) is 0 Å². The number of ether oxygens (including phenoxy) is 4. The van der Waals surface area contributed by atoms with Crippen LogP contribution in [0.4, 0.5) is 0 Å². The molecule has 3 rings (SSSR count). The molecule has 0 bridgehead atoms. The first-order valence-corrected chi connectivity index (χ1v) is 8.42. The summed E-state index contributed by atoms with van der Waals surface area (Å²) < 4.78 is 22.8. The van der Waals surface area contributed by atoms with Crippen LogP contribution in [-0.4, -0.2) is 48.8 Å². The number of aliphatic hydroxyl groups is 1. The Morgan fingerprint density at radius 3 is 2.76 bits per heavy atom. The monoisotopic (exact) mass is 344 g/mol. The molecule has 1 aromatic carbocycles. The third-order valence-corrected chi connectivity index (χ3v) is 4.44. The zero-order chi connectivity index (χ0) is 17.9. The minimum Gasteiger partial charge on any atom is -0.497 e. The van der Waals surface area contributed by atoms with Gasteiger partial charge in [-0.2, -0.15) is 0 Å². The Bertz CT molecular complexity index is 657. The van der Waals surface area contributed by atoms with E-state index in [1.54, 1.807) is 20.1 Å². The van der Waals surface area contributed by atoms with Crippen LogP contribution in [0.25, 0.3) is 0 Å². The van der Waals surface area contributed by atoms with Crippen molar-refractivity contribution in [2.75, 3.05) is 13.7 Å². The summed E-state index contributed by atoms with van der Waals surface area (Å²) in [6, 6.07) is 7.70. The largest absolute Gasteiger partial charge is 0.497 e. The van der Waals surface area contributed by atoms with Crippen LogP contribution in [0.1, 0.15) is 18.9 Å². The first kappa shape index (κ1) is 18.0. The molecule has 0 spiro atoms. The van der Waals surface area contributed by atoms with Gasteiger partial charge in [0.2, 0.25) is 0 Å². The molecule has 25 heavy (non-hydrogen) atoms. The summed E-state index contributed by atoms with van der Waals surface area (Å²) in [5.41, 5.74) is 0.644. The maximum Gasteiger partial charge on any atom is 0.147 e. The zero-order valence-electron chi connectivity index (χ0n) is 14.6. The molecule has 2 heterocycles. The van der Waals surface area contributed by atoms with Crippen molar-refractivity contribution < 1.29 is 24.1 Å². The highest BCUT2D eigenvalue weighted by molar-refractivity contribution is 5.27. The van der Waals surface area contributed by atoms with Crippen LogP contribution < -0.4 is 4.74 Å². The molecule has 0 radical (unpaired) electrons. The van der Waals surface area contributed by atoms with Crippen molar-refractivity contribution in [3.63, 3.8) is 0 Å². The Labute approximate surface area is 148 Å². The number of benzene rings is 1. The Kier molecular flexibility index (Phi) is 5.45. The molecular weight excluding hydrogens is 320 g/mol. The van der Waals surface area contributed by atoms with Crippen molar-refractivity contribution in [3.8, 4) is 17.6 Å². The lowest BCUT2D eigenvalue weighted by molar-refractivity contribution is -0.0652. The van der Waals surface area contributed by atoms with Gasteiger partial charge < -0.3 is 24.1 Å². The summed E-state index contributed by atoms with van der Waals surface area (Å²) >= 11 is 0. The quantitative estimate of drug-likeness (QED) is 0.466. The lowest BCUT2D eigenvalue weighted by Crippen LogP contribution is -2.32. The van der Waals surface area contributed by atoms with E-state index in [0.29, 0.717) is 19.6 Å². The van der Waals surface area contributed by atoms with Crippen molar-refractivity contribution in [1.82, 2.24) is 0 Å². The van der Waals surface area contributed by atoms with E-state index in [2.05, 4.69) is 18.4 Å². The maximum atomic E-state index is 9.40. The lowest BCUT2D eigenvalue weighted by Gasteiger charge is -2.19. The van der Waals surface area contributed by atoms with Crippen molar-refractivity contribution in [1.29, 1.82) is 0 Å². The summed E-state index contributed by atoms with van der Waals surface area (Å²) in [5.74, 6) is 6.87. The zero-order valence-corrected chi connectivity index (χ0v) is 14.6. The Hall–Kier alpha value is -1.84. The van der Waals surface area contributed by atoms with Crippen LogP contribution in [-0.2, 0) is 20.8 Å². The third-order valence-electron chi connectivity index (χ3n) is 4.44. The molecule has 5 atom stereocenters. The number of rotatable bonds is 7. The fraction of sp³-hybridized carbons (Fsp3) is 0.500. The molecule has 134 valence electrons. The Morgan fingerprint density at radius 1 is 1.44 bits per heavy atom. The van der Waals surface area contributed by atoms with Crippen LogP contribution in [0.5, 0.6) is 5.75 Å². The predicted octanol–water partition coefficient (Wildman–Crippen LogP) is 2.08. The average molecular weight is 344 g/mol. The first-order valence-electron chi connectivity index (χ1n) is 8.42. The van der Waals surface area contributed by atoms with Gasteiger partial charge in [-0.25, -0.2) is 0 Å². The van der Waals surface area contributed by atoms with E-state index in [9.17, 15) is 5.11 Å². The van der Waals surface area contributed by atoms with Crippen LogP contribution in [0.2, 0.25) is 0 Å². The molecule has 5 nitrogen and oxygen atoms in total. The van der Waals surface area contributed by atoms with Crippen LogP contribution in [0.3, 0.4) is 0 Å². The third kappa shape index (κ3) is 4.05. The fourth-order valence-electron chi connectivity index (χ4n) is 2.88. The number of hydrogen-bond acceptors (Lipinski definition) is 5. The van der Waals surface area contributed by atoms with Gasteiger partial charge in [0.05, 0.1) is 26.4 Å². The minimum absolute atomic E-state index is 0.0632. The smallest absolute Gasteiger partial charge is 0.147 e. The van der Waals surface area contributed by atoms with E-state index >= 15 is 0 Å². The second kappa shape index (κ2) is 7.59. The highest BCUT2D eigenvalue weighted by Gasteiger charge is 2.65. The number of fused-ring (bicyclic) bond motifs is 1. The number of aliphatic hydroxyl groups excluding tert-OH is 1. The van der Waals surface area contributed by atoms with E-state index < -0.39 is 12.2 Å². The van der Waals surface area contributed by atoms with E-state index in [-0.39, 0.29) is 17.8 Å². The topological polar surface area (TPSA) is 60.5 Å². The van der Waals surface area contributed by atoms with Crippen molar-refractivity contribution in [2.45, 2.75) is 50.0 Å². The van der Waals surface area contributed by atoms with Gasteiger partial charge in [0.1, 0.15) is 29.7 Å². The van der Waals surface area contributed by atoms with Gasteiger partial charge >= 0.3 is 0 Å². The molecule has 1 N–H and O–H groups in total. The van der Waals surface area contributed by atoms with Crippen LogP contribution in [0.15, 0.2) is 36.9 Å². The van der Waals surface area contributed by atoms with Gasteiger partial charge in [-0.05, 0) is 24.6 Å². The Morgan fingerprint density at radius 2 is 2.20 bits per heavy atom. The normalized spacial score (nSPS) is 29.1. The molecule has 0 saturated carbocycles. The highest BCUT2D eigenvalue weighted by Crippen LogP contribution is 2.48. The van der Waals surface area contributed by atoms with E-state index in [0.717, 1.165) is 11.3 Å². The average Bonchev–Trinajstić information content (AvgIpc) is 3.24. The molecular formula is C20H24O5. The summed E-state index contributed by atoms with van der Waals surface area (Å²) in [5, 5.41) is 9.40. The van der Waals surface area contributed by atoms with Gasteiger partial charge in [-0.1, -0.05) is 30.0 Å².